The second-order valence-corrected chi connectivity index (χ2v) is 9.16. The highest BCUT2D eigenvalue weighted by Gasteiger charge is 2.24. The van der Waals surface area contributed by atoms with Crippen molar-refractivity contribution in [1.29, 1.82) is 5.26 Å². The number of nitrogens with zero attached hydrogens (tertiary/aromatic N) is 2. The van der Waals surface area contributed by atoms with Crippen LogP contribution in [0.1, 0.15) is 11.1 Å². The van der Waals surface area contributed by atoms with Gasteiger partial charge in [-0.25, -0.2) is 8.42 Å². The van der Waals surface area contributed by atoms with Crippen molar-refractivity contribution in [3.8, 4) is 17.6 Å². The summed E-state index contributed by atoms with van der Waals surface area (Å²) in [4.78, 5) is 12.0. The molecule has 0 aliphatic heterocycles. The van der Waals surface area contributed by atoms with E-state index in [0.29, 0.717) is 5.75 Å². The average Bonchev–Trinajstić information content (AvgIpc) is 2.79. The van der Waals surface area contributed by atoms with Crippen LogP contribution in [-0.4, -0.2) is 32.3 Å². The fourth-order valence-corrected chi connectivity index (χ4v) is 4.06. The molecule has 0 heterocycles. The molecule has 0 unspecified atom stereocenters. The van der Waals surface area contributed by atoms with E-state index < -0.39 is 22.5 Å². The molecule has 7 nitrogen and oxygen atoms in total. The summed E-state index contributed by atoms with van der Waals surface area (Å²) < 4.78 is 37.3. The van der Waals surface area contributed by atoms with Gasteiger partial charge in [-0.3, -0.25) is 4.79 Å². The normalized spacial score (nSPS) is 11.1. The number of nitriles is 1. The Kier molecular flexibility index (Phi) is 7.49. The molecule has 0 atom stereocenters. The SMILES string of the molecule is CN(CC(=O)OCc1ccccc1)S(=O)(=O)c1ccc(Oc2cccc(Cl)c2C#N)cc1. The fraction of sp³-hybridized carbons (Fsp3) is 0.130. The lowest BCUT2D eigenvalue weighted by Gasteiger charge is -2.17. The van der Waals surface area contributed by atoms with Gasteiger partial charge in [0.15, 0.2) is 0 Å². The van der Waals surface area contributed by atoms with Crippen molar-refractivity contribution in [2.75, 3.05) is 13.6 Å². The van der Waals surface area contributed by atoms with Crippen LogP contribution < -0.4 is 4.74 Å². The van der Waals surface area contributed by atoms with Crippen LogP contribution in [0, 0.1) is 11.3 Å². The molecule has 0 bridgehead atoms. The van der Waals surface area contributed by atoms with Crippen LogP contribution >= 0.6 is 11.6 Å². The number of likely N-dealkylation sites (N-methyl/N-ethyl adjacent to an activating group) is 1. The zero-order chi connectivity index (χ0) is 23.1. The van der Waals surface area contributed by atoms with Crippen molar-refractivity contribution in [2.24, 2.45) is 0 Å². The minimum Gasteiger partial charge on any atom is -0.460 e. The number of hydrogen-bond acceptors (Lipinski definition) is 6. The Balaban J connectivity index is 1.64. The molecule has 0 fully saturated rings. The van der Waals surface area contributed by atoms with Gasteiger partial charge in [-0.2, -0.15) is 9.57 Å². The number of carbonyl (C=O) groups excluding carboxylic acids is 1. The molecule has 3 aromatic rings. The molecule has 0 amide bonds. The fourth-order valence-electron chi connectivity index (χ4n) is 2.73. The molecule has 0 radical (unpaired) electrons. The number of ether oxygens (including phenoxy) is 2. The second-order valence-electron chi connectivity index (χ2n) is 6.71. The van der Waals surface area contributed by atoms with Gasteiger partial charge < -0.3 is 9.47 Å². The summed E-state index contributed by atoms with van der Waals surface area (Å²) in [6.45, 7) is -0.366. The Morgan fingerprint density at radius 1 is 1.03 bits per heavy atom. The van der Waals surface area contributed by atoms with Crippen LogP contribution in [0.25, 0.3) is 0 Å². The maximum Gasteiger partial charge on any atom is 0.321 e. The van der Waals surface area contributed by atoms with E-state index >= 15 is 0 Å². The molecule has 9 heteroatoms. The van der Waals surface area contributed by atoms with E-state index in [9.17, 15) is 18.5 Å². The van der Waals surface area contributed by atoms with Gasteiger partial charge in [-0.1, -0.05) is 48.0 Å². The first-order valence-electron chi connectivity index (χ1n) is 9.43. The van der Waals surface area contributed by atoms with E-state index in [0.717, 1.165) is 9.87 Å². The third-order valence-electron chi connectivity index (χ3n) is 4.44. The Morgan fingerprint density at radius 3 is 2.38 bits per heavy atom. The van der Waals surface area contributed by atoms with Gasteiger partial charge >= 0.3 is 5.97 Å². The molecule has 0 aromatic heterocycles. The first-order valence-corrected chi connectivity index (χ1v) is 11.3. The maximum atomic E-state index is 12.8. The van der Waals surface area contributed by atoms with E-state index in [1.165, 1.54) is 31.3 Å². The number of hydrogen-bond donors (Lipinski definition) is 0. The molecular formula is C23H19ClN2O5S. The van der Waals surface area contributed by atoms with Crippen LogP contribution in [0.2, 0.25) is 5.02 Å². The van der Waals surface area contributed by atoms with Crippen LogP contribution in [0.4, 0.5) is 0 Å². The Morgan fingerprint density at radius 2 is 1.72 bits per heavy atom. The van der Waals surface area contributed by atoms with Crippen molar-refractivity contribution in [3.63, 3.8) is 0 Å². The van der Waals surface area contributed by atoms with Crippen LogP contribution in [0.3, 0.4) is 0 Å². The molecule has 32 heavy (non-hydrogen) atoms. The third-order valence-corrected chi connectivity index (χ3v) is 6.57. The Bertz CT molecular complexity index is 1240. The van der Waals surface area contributed by atoms with E-state index in [1.54, 1.807) is 30.3 Å². The summed E-state index contributed by atoms with van der Waals surface area (Å²) in [6, 6.07) is 21.5. The lowest BCUT2D eigenvalue weighted by Crippen LogP contribution is -2.33. The lowest BCUT2D eigenvalue weighted by molar-refractivity contribution is -0.144. The highest BCUT2D eigenvalue weighted by molar-refractivity contribution is 7.89. The number of halogens is 1. The summed E-state index contributed by atoms with van der Waals surface area (Å²) in [6.07, 6.45) is 0. The number of carbonyl (C=O) groups is 1. The monoisotopic (exact) mass is 470 g/mol. The topological polar surface area (TPSA) is 96.7 Å². The Hall–Kier alpha value is -3.38. The van der Waals surface area contributed by atoms with Crippen LogP contribution in [-0.2, 0) is 26.2 Å². The molecule has 3 aromatic carbocycles. The van der Waals surface area contributed by atoms with E-state index in [1.807, 2.05) is 24.3 Å². The molecule has 0 spiro atoms. The minimum atomic E-state index is -3.92. The zero-order valence-electron chi connectivity index (χ0n) is 17.1. The van der Waals surface area contributed by atoms with Gasteiger partial charge in [0, 0.05) is 7.05 Å². The summed E-state index contributed by atoms with van der Waals surface area (Å²) in [5.74, 6) is -0.0774. The van der Waals surface area contributed by atoms with Crippen molar-refractivity contribution in [1.82, 2.24) is 4.31 Å². The maximum absolute atomic E-state index is 12.8. The molecule has 0 saturated carbocycles. The van der Waals surface area contributed by atoms with Crippen molar-refractivity contribution in [2.45, 2.75) is 11.5 Å². The molecule has 0 saturated heterocycles. The van der Waals surface area contributed by atoms with Gasteiger partial charge in [-0.15, -0.1) is 0 Å². The molecule has 164 valence electrons. The standard InChI is InChI=1S/C23H19ClN2O5S/c1-26(15-23(27)30-16-17-6-3-2-4-7-17)32(28,29)19-12-10-18(11-13-19)31-22-9-5-8-21(24)20(22)14-25/h2-13H,15-16H2,1H3. The molecule has 3 rings (SSSR count). The first-order chi connectivity index (χ1) is 15.3. The largest absolute Gasteiger partial charge is 0.460 e. The zero-order valence-corrected chi connectivity index (χ0v) is 18.6. The summed E-state index contributed by atoms with van der Waals surface area (Å²) >= 11 is 5.99. The van der Waals surface area contributed by atoms with Crippen molar-refractivity contribution < 1.29 is 22.7 Å². The third kappa shape index (κ3) is 5.65. The van der Waals surface area contributed by atoms with E-state index in [2.05, 4.69) is 0 Å². The summed E-state index contributed by atoms with van der Waals surface area (Å²) in [7, 11) is -2.62. The van der Waals surface area contributed by atoms with E-state index in [4.69, 9.17) is 21.1 Å². The number of sulfonamides is 1. The van der Waals surface area contributed by atoms with Gasteiger partial charge in [0.25, 0.3) is 0 Å². The number of esters is 1. The van der Waals surface area contributed by atoms with Gasteiger partial charge in [0.1, 0.15) is 36.3 Å². The highest BCUT2D eigenvalue weighted by Crippen LogP contribution is 2.30. The van der Waals surface area contributed by atoms with Crippen molar-refractivity contribution >= 4 is 27.6 Å². The molecular weight excluding hydrogens is 452 g/mol. The predicted octanol–water partition coefficient (Wildman–Crippen LogP) is 4.37. The molecule has 0 N–H and O–H groups in total. The average molecular weight is 471 g/mol. The highest BCUT2D eigenvalue weighted by atomic mass is 35.5. The lowest BCUT2D eigenvalue weighted by atomic mass is 10.2. The number of benzene rings is 3. The second kappa shape index (κ2) is 10.3. The quantitative estimate of drug-likeness (QED) is 0.453. The smallest absolute Gasteiger partial charge is 0.321 e. The Labute approximate surface area is 191 Å². The minimum absolute atomic E-state index is 0.0187. The number of rotatable bonds is 8. The van der Waals surface area contributed by atoms with Gasteiger partial charge in [0.05, 0.1) is 9.92 Å². The van der Waals surface area contributed by atoms with Crippen LogP contribution in [0.5, 0.6) is 11.5 Å². The van der Waals surface area contributed by atoms with Crippen molar-refractivity contribution in [3.05, 3.63) is 88.9 Å². The first kappa shape index (κ1) is 23.3. The van der Waals surface area contributed by atoms with E-state index in [-0.39, 0.29) is 27.8 Å². The van der Waals surface area contributed by atoms with Gasteiger partial charge in [-0.05, 0) is 42.0 Å². The van der Waals surface area contributed by atoms with Gasteiger partial charge in [0.2, 0.25) is 10.0 Å². The molecule has 0 aliphatic carbocycles. The summed E-state index contributed by atoms with van der Waals surface area (Å²) in [5, 5.41) is 9.48. The predicted molar refractivity (Wildman–Crippen MR) is 119 cm³/mol. The summed E-state index contributed by atoms with van der Waals surface area (Å²) in [5.41, 5.74) is 0.987. The molecule has 0 aliphatic rings. The van der Waals surface area contributed by atoms with Crippen LogP contribution in [0.15, 0.2) is 77.7 Å².